The Morgan fingerprint density at radius 1 is 1.43 bits per heavy atom. The minimum absolute atomic E-state index is 0.133. The molecule has 116 valence electrons. The Kier molecular flexibility index (Phi) is 5.12. The number of benzene rings is 1. The second kappa shape index (κ2) is 6.67. The molecule has 4 nitrogen and oxygen atoms in total. The van der Waals surface area contributed by atoms with Crippen LogP contribution in [0.15, 0.2) is 18.2 Å². The molecule has 0 heterocycles. The van der Waals surface area contributed by atoms with Crippen LogP contribution in [0.2, 0.25) is 5.02 Å². The molecule has 0 aromatic heterocycles. The monoisotopic (exact) mass is 311 g/mol. The van der Waals surface area contributed by atoms with Gasteiger partial charge in [-0.15, -0.1) is 0 Å². The van der Waals surface area contributed by atoms with Crippen molar-refractivity contribution < 1.29 is 15.0 Å². The number of nitrogens with one attached hydrogen (secondary N) is 1. The van der Waals surface area contributed by atoms with Crippen molar-refractivity contribution in [3.63, 3.8) is 0 Å². The topological polar surface area (TPSA) is 69.6 Å². The first kappa shape index (κ1) is 16.1. The number of halogens is 1. The summed E-state index contributed by atoms with van der Waals surface area (Å²) in [7, 11) is 0. The number of aliphatic hydroxyl groups is 1. The van der Waals surface area contributed by atoms with E-state index in [2.05, 4.69) is 12.2 Å². The molecule has 5 heteroatoms. The van der Waals surface area contributed by atoms with E-state index in [0.29, 0.717) is 23.2 Å². The molecule has 1 aromatic carbocycles. The summed E-state index contributed by atoms with van der Waals surface area (Å²) in [6.45, 7) is 2.55. The van der Waals surface area contributed by atoms with Gasteiger partial charge in [0.25, 0.3) is 0 Å². The van der Waals surface area contributed by atoms with E-state index in [1.54, 1.807) is 12.1 Å². The van der Waals surface area contributed by atoms with Gasteiger partial charge in [-0.1, -0.05) is 24.9 Å². The van der Waals surface area contributed by atoms with E-state index in [-0.39, 0.29) is 5.56 Å². The van der Waals surface area contributed by atoms with Gasteiger partial charge in [-0.25, -0.2) is 4.79 Å². The molecular weight excluding hydrogens is 290 g/mol. The number of hydrogen-bond donors (Lipinski definition) is 3. The molecule has 1 saturated carbocycles. The Morgan fingerprint density at radius 2 is 2.10 bits per heavy atom. The van der Waals surface area contributed by atoms with Crippen molar-refractivity contribution in [1.82, 2.24) is 0 Å². The molecule has 0 aliphatic heterocycles. The fourth-order valence-corrected chi connectivity index (χ4v) is 3.08. The zero-order valence-electron chi connectivity index (χ0n) is 12.2. The summed E-state index contributed by atoms with van der Waals surface area (Å²) < 4.78 is 0. The zero-order chi connectivity index (χ0) is 15.5. The third-order valence-electron chi connectivity index (χ3n) is 4.43. The van der Waals surface area contributed by atoms with Gasteiger partial charge in [0.2, 0.25) is 0 Å². The van der Waals surface area contributed by atoms with Crippen LogP contribution in [0.4, 0.5) is 5.69 Å². The number of carboxylic acids is 1. The average molecular weight is 312 g/mol. The Balaban J connectivity index is 2.01. The lowest BCUT2D eigenvalue weighted by molar-refractivity contribution is 0.00225. The first-order chi connectivity index (χ1) is 9.93. The van der Waals surface area contributed by atoms with Gasteiger partial charge in [0.05, 0.1) is 11.2 Å². The van der Waals surface area contributed by atoms with Crippen LogP contribution in [0.25, 0.3) is 0 Å². The van der Waals surface area contributed by atoms with E-state index < -0.39 is 11.6 Å². The van der Waals surface area contributed by atoms with Crippen molar-refractivity contribution in [1.29, 1.82) is 0 Å². The fourth-order valence-electron chi connectivity index (χ4n) is 2.91. The average Bonchev–Trinajstić information content (AvgIpc) is 2.47. The molecule has 0 amide bonds. The van der Waals surface area contributed by atoms with Crippen LogP contribution in [0.5, 0.6) is 0 Å². The molecule has 1 aliphatic rings. The van der Waals surface area contributed by atoms with E-state index in [1.807, 2.05) is 0 Å². The molecule has 2 rings (SSSR count). The molecule has 0 unspecified atom stereocenters. The van der Waals surface area contributed by atoms with Crippen LogP contribution in [0.3, 0.4) is 0 Å². The summed E-state index contributed by atoms with van der Waals surface area (Å²) in [6, 6.07) is 4.71. The van der Waals surface area contributed by atoms with E-state index in [4.69, 9.17) is 11.6 Å². The van der Waals surface area contributed by atoms with Gasteiger partial charge in [0, 0.05) is 17.3 Å². The van der Waals surface area contributed by atoms with Gasteiger partial charge in [-0.05, 0) is 49.8 Å². The number of rotatable bonds is 5. The zero-order valence-corrected chi connectivity index (χ0v) is 13.0. The minimum Gasteiger partial charge on any atom is -0.478 e. The second-order valence-electron chi connectivity index (χ2n) is 5.92. The Hall–Kier alpha value is -1.26. The summed E-state index contributed by atoms with van der Waals surface area (Å²) in [5.41, 5.74) is -0.118. The van der Waals surface area contributed by atoms with Gasteiger partial charge in [-0.3, -0.25) is 0 Å². The molecule has 0 saturated heterocycles. The quantitative estimate of drug-likeness (QED) is 0.774. The van der Waals surface area contributed by atoms with Crippen molar-refractivity contribution >= 4 is 23.3 Å². The normalized spacial score (nSPS) is 25.6. The lowest BCUT2D eigenvalue weighted by Crippen LogP contribution is -2.40. The Bertz CT molecular complexity index is 510. The number of aromatic carboxylic acids is 1. The van der Waals surface area contributed by atoms with Crippen molar-refractivity contribution in [3.05, 3.63) is 28.8 Å². The molecule has 1 aromatic rings. The van der Waals surface area contributed by atoms with E-state index in [9.17, 15) is 15.0 Å². The summed E-state index contributed by atoms with van der Waals surface area (Å²) in [6.07, 6.45) is 4.73. The summed E-state index contributed by atoms with van der Waals surface area (Å²) in [4.78, 5) is 11.2. The number of anilines is 1. The van der Waals surface area contributed by atoms with Gasteiger partial charge in [0.15, 0.2) is 0 Å². The lowest BCUT2D eigenvalue weighted by Gasteiger charge is -2.36. The van der Waals surface area contributed by atoms with E-state index in [1.165, 1.54) is 6.07 Å². The fraction of sp³-hybridized carbons (Fsp3) is 0.562. The Labute approximate surface area is 130 Å². The number of hydrogen-bond acceptors (Lipinski definition) is 3. The highest BCUT2D eigenvalue weighted by molar-refractivity contribution is 6.31. The van der Waals surface area contributed by atoms with Gasteiger partial charge >= 0.3 is 5.97 Å². The molecule has 1 aliphatic carbocycles. The predicted octanol–water partition coefficient (Wildman–Crippen LogP) is 3.78. The van der Waals surface area contributed by atoms with Crippen LogP contribution in [-0.4, -0.2) is 28.3 Å². The maximum atomic E-state index is 11.2. The summed E-state index contributed by atoms with van der Waals surface area (Å²) >= 11 is 5.83. The molecule has 1 fully saturated rings. The first-order valence-corrected chi connectivity index (χ1v) is 7.80. The third kappa shape index (κ3) is 4.11. The van der Waals surface area contributed by atoms with E-state index >= 15 is 0 Å². The third-order valence-corrected chi connectivity index (χ3v) is 4.67. The van der Waals surface area contributed by atoms with Gasteiger partial charge in [0.1, 0.15) is 0 Å². The highest BCUT2D eigenvalue weighted by atomic mass is 35.5. The molecular formula is C16H22ClNO3. The SMILES string of the molecule is CCC1CCC(O)(CNc2ccc(Cl)cc2C(=O)O)CC1. The lowest BCUT2D eigenvalue weighted by atomic mass is 9.78. The second-order valence-corrected chi connectivity index (χ2v) is 6.36. The largest absolute Gasteiger partial charge is 0.478 e. The van der Waals surface area contributed by atoms with Crippen LogP contribution in [0.1, 0.15) is 49.4 Å². The van der Waals surface area contributed by atoms with Crippen LogP contribution in [0, 0.1) is 5.92 Å². The highest BCUT2D eigenvalue weighted by Crippen LogP contribution is 2.34. The minimum atomic E-state index is -1.03. The molecule has 0 bridgehead atoms. The molecule has 0 radical (unpaired) electrons. The van der Waals surface area contributed by atoms with E-state index in [0.717, 1.165) is 32.1 Å². The van der Waals surface area contributed by atoms with Crippen LogP contribution < -0.4 is 5.32 Å². The number of carboxylic acid groups (broad SMARTS) is 1. The van der Waals surface area contributed by atoms with Crippen molar-refractivity contribution in [2.45, 2.75) is 44.6 Å². The Morgan fingerprint density at radius 3 is 2.67 bits per heavy atom. The van der Waals surface area contributed by atoms with Crippen molar-refractivity contribution in [2.24, 2.45) is 5.92 Å². The molecule has 0 spiro atoms. The maximum Gasteiger partial charge on any atom is 0.337 e. The maximum absolute atomic E-state index is 11.2. The highest BCUT2D eigenvalue weighted by Gasteiger charge is 2.32. The van der Waals surface area contributed by atoms with Crippen molar-refractivity contribution in [3.8, 4) is 0 Å². The first-order valence-electron chi connectivity index (χ1n) is 7.42. The molecule has 21 heavy (non-hydrogen) atoms. The van der Waals surface area contributed by atoms with Gasteiger partial charge in [-0.2, -0.15) is 0 Å². The molecule has 3 N–H and O–H groups in total. The van der Waals surface area contributed by atoms with Crippen LogP contribution >= 0.6 is 11.6 Å². The van der Waals surface area contributed by atoms with Crippen LogP contribution in [-0.2, 0) is 0 Å². The summed E-state index contributed by atoms with van der Waals surface area (Å²) in [5.74, 6) is -0.322. The van der Waals surface area contributed by atoms with Crippen molar-refractivity contribution in [2.75, 3.05) is 11.9 Å². The standard InChI is InChI=1S/C16H22ClNO3/c1-2-11-5-7-16(21,8-6-11)10-18-14-4-3-12(17)9-13(14)15(19)20/h3-4,9,11,18,21H,2,5-8,10H2,1H3,(H,19,20). The molecule has 0 atom stereocenters. The van der Waals surface area contributed by atoms with Gasteiger partial charge < -0.3 is 15.5 Å². The summed E-state index contributed by atoms with van der Waals surface area (Å²) in [5, 5.41) is 23.3. The number of carbonyl (C=O) groups is 1. The predicted molar refractivity (Wildman–Crippen MR) is 84.1 cm³/mol. The smallest absolute Gasteiger partial charge is 0.337 e.